The van der Waals surface area contributed by atoms with Crippen LogP contribution in [0.3, 0.4) is 0 Å². The van der Waals surface area contributed by atoms with Crippen molar-refractivity contribution in [2.24, 2.45) is 0 Å². The number of hydrazine groups is 1. The maximum Gasteiger partial charge on any atom is 0.286 e. The van der Waals surface area contributed by atoms with E-state index < -0.39 is 0 Å². The Hall–Kier alpha value is -2.05. The van der Waals surface area contributed by atoms with E-state index in [1.165, 1.54) is 6.42 Å². The van der Waals surface area contributed by atoms with Gasteiger partial charge in [0.25, 0.3) is 5.91 Å². The number of carbonyl (C=O) groups excluding carboxylic acids is 1. The van der Waals surface area contributed by atoms with Gasteiger partial charge in [0.05, 0.1) is 21.4 Å². The summed E-state index contributed by atoms with van der Waals surface area (Å²) in [4.78, 5) is 13.1. The number of hydrogen-bond donors (Lipinski definition) is 1. The zero-order chi connectivity index (χ0) is 21.3. The Morgan fingerprint density at radius 2 is 1.70 bits per heavy atom. The van der Waals surface area contributed by atoms with Crippen LogP contribution in [0.25, 0.3) is 16.9 Å². The third-order valence-electron chi connectivity index (χ3n) is 5.23. The molecule has 1 aliphatic rings. The number of benzene rings is 2. The highest BCUT2D eigenvalue weighted by Crippen LogP contribution is 2.34. The van der Waals surface area contributed by atoms with E-state index in [2.05, 4.69) is 10.5 Å². The summed E-state index contributed by atoms with van der Waals surface area (Å²) in [5, 5.41) is 8.03. The smallest absolute Gasteiger partial charge is 0.283 e. The number of halogens is 3. The van der Waals surface area contributed by atoms with Crippen LogP contribution >= 0.6 is 34.8 Å². The number of aromatic nitrogens is 2. The Morgan fingerprint density at radius 3 is 2.40 bits per heavy atom. The molecule has 1 fully saturated rings. The van der Waals surface area contributed by atoms with Crippen LogP contribution in [0.15, 0.2) is 42.5 Å². The quantitative estimate of drug-likeness (QED) is 0.521. The first-order valence-corrected chi connectivity index (χ1v) is 10.9. The second-order valence-electron chi connectivity index (χ2n) is 7.30. The molecule has 8 heteroatoms. The number of rotatable bonds is 4. The monoisotopic (exact) mass is 462 g/mol. The van der Waals surface area contributed by atoms with Gasteiger partial charge in [-0.2, -0.15) is 5.10 Å². The SMILES string of the molecule is Cc1c(C(=O)NN2CCCCC2)nn(-c2cccc(Cl)c2Cl)c1-c1ccc(Cl)cc1. The first-order chi connectivity index (χ1) is 14.5. The van der Waals surface area contributed by atoms with Gasteiger partial charge in [-0.1, -0.05) is 59.4 Å². The summed E-state index contributed by atoms with van der Waals surface area (Å²) in [5.74, 6) is -0.235. The van der Waals surface area contributed by atoms with Gasteiger partial charge >= 0.3 is 0 Å². The predicted molar refractivity (Wildman–Crippen MR) is 122 cm³/mol. The van der Waals surface area contributed by atoms with Crippen molar-refractivity contribution in [3.05, 3.63) is 68.8 Å². The van der Waals surface area contributed by atoms with Gasteiger partial charge < -0.3 is 0 Å². The van der Waals surface area contributed by atoms with Gasteiger partial charge in [0, 0.05) is 29.2 Å². The van der Waals surface area contributed by atoms with E-state index in [0.29, 0.717) is 26.4 Å². The van der Waals surface area contributed by atoms with Crippen molar-refractivity contribution in [3.63, 3.8) is 0 Å². The molecule has 1 amide bonds. The molecule has 2 heterocycles. The minimum atomic E-state index is -0.235. The van der Waals surface area contributed by atoms with Crippen molar-refractivity contribution in [1.29, 1.82) is 0 Å². The zero-order valence-corrected chi connectivity index (χ0v) is 18.7. The van der Waals surface area contributed by atoms with Crippen LogP contribution in [0.5, 0.6) is 0 Å². The number of piperidine rings is 1. The van der Waals surface area contributed by atoms with Crippen LogP contribution in [0.2, 0.25) is 15.1 Å². The van der Waals surface area contributed by atoms with E-state index in [9.17, 15) is 4.79 Å². The van der Waals surface area contributed by atoms with E-state index in [4.69, 9.17) is 34.8 Å². The number of carbonyl (C=O) groups is 1. The lowest BCUT2D eigenvalue weighted by molar-refractivity contribution is 0.0743. The number of nitrogens with zero attached hydrogens (tertiary/aromatic N) is 3. The summed E-state index contributed by atoms with van der Waals surface area (Å²) in [6.45, 7) is 3.57. The van der Waals surface area contributed by atoms with Crippen molar-refractivity contribution in [2.75, 3.05) is 13.1 Å². The third kappa shape index (κ3) is 4.21. The molecular formula is C22H21Cl3N4O. The van der Waals surface area contributed by atoms with Crippen LogP contribution in [0.1, 0.15) is 35.3 Å². The predicted octanol–water partition coefficient (Wildman–Crippen LogP) is 5.94. The molecule has 0 unspecified atom stereocenters. The van der Waals surface area contributed by atoms with Crippen molar-refractivity contribution in [2.45, 2.75) is 26.2 Å². The maximum atomic E-state index is 13.1. The lowest BCUT2D eigenvalue weighted by atomic mass is 10.1. The van der Waals surface area contributed by atoms with Gasteiger partial charge in [-0.3, -0.25) is 10.2 Å². The molecule has 1 aromatic heterocycles. The molecule has 30 heavy (non-hydrogen) atoms. The van der Waals surface area contributed by atoms with Crippen molar-refractivity contribution >= 4 is 40.7 Å². The lowest BCUT2D eigenvalue weighted by Crippen LogP contribution is -2.45. The van der Waals surface area contributed by atoms with Gasteiger partial charge in [0.1, 0.15) is 0 Å². The average molecular weight is 464 g/mol. The third-order valence-corrected chi connectivity index (χ3v) is 6.29. The molecular weight excluding hydrogens is 443 g/mol. The highest BCUT2D eigenvalue weighted by atomic mass is 35.5. The Balaban J connectivity index is 1.81. The molecule has 4 rings (SSSR count). The highest BCUT2D eigenvalue weighted by Gasteiger charge is 2.25. The van der Waals surface area contributed by atoms with E-state index >= 15 is 0 Å². The Kier molecular flexibility index (Phi) is 6.34. The molecule has 0 aliphatic carbocycles. The van der Waals surface area contributed by atoms with Gasteiger partial charge in [0.15, 0.2) is 5.69 Å². The summed E-state index contributed by atoms with van der Waals surface area (Å²) < 4.78 is 1.68. The molecule has 2 aromatic carbocycles. The van der Waals surface area contributed by atoms with Gasteiger partial charge in [-0.15, -0.1) is 0 Å². The summed E-state index contributed by atoms with van der Waals surface area (Å²) >= 11 is 18.8. The van der Waals surface area contributed by atoms with Gasteiger partial charge in [-0.05, 0) is 44.0 Å². The largest absolute Gasteiger partial charge is 0.286 e. The molecule has 0 radical (unpaired) electrons. The summed E-state index contributed by atoms with van der Waals surface area (Å²) in [5.41, 5.74) is 6.34. The van der Waals surface area contributed by atoms with Gasteiger partial charge in [-0.25, -0.2) is 9.69 Å². The summed E-state index contributed by atoms with van der Waals surface area (Å²) in [7, 11) is 0. The second kappa shape index (κ2) is 8.98. The fourth-order valence-electron chi connectivity index (χ4n) is 3.69. The first kappa shape index (κ1) is 21.2. The van der Waals surface area contributed by atoms with Crippen LogP contribution in [0, 0.1) is 6.92 Å². The number of nitrogens with one attached hydrogen (secondary N) is 1. The minimum absolute atomic E-state index is 0.235. The summed E-state index contributed by atoms with van der Waals surface area (Å²) in [6, 6.07) is 12.8. The minimum Gasteiger partial charge on any atom is -0.283 e. The fourth-order valence-corrected chi connectivity index (χ4v) is 4.19. The van der Waals surface area contributed by atoms with E-state index in [-0.39, 0.29) is 5.91 Å². The van der Waals surface area contributed by atoms with E-state index in [1.807, 2.05) is 30.1 Å². The average Bonchev–Trinajstić information content (AvgIpc) is 3.08. The number of hydrogen-bond acceptors (Lipinski definition) is 3. The Morgan fingerprint density at radius 1 is 1.00 bits per heavy atom. The molecule has 0 spiro atoms. The molecule has 0 saturated carbocycles. The van der Waals surface area contributed by atoms with Crippen molar-refractivity contribution < 1.29 is 4.79 Å². The van der Waals surface area contributed by atoms with Crippen molar-refractivity contribution in [1.82, 2.24) is 20.2 Å². The fraction of sp³-hybridized carbons (Fsp3) is 0.273. The van der Waals surface area contributed by atoms with Crippen LogP contribution in [-0.4, -0.2) is 33.8 Å². The molecule has 0 bridgehead atoms. The normalized spacial score (nSPS) is 14.7. The molecule has 5 nitrogen and oxygen atoms in total. The standard InChI is InChI=1S/C22H21Cl3N4O/c1-14-20(22(30)27-28-12-3-2-4-13-28)26-29(18-7-5-6-17(24)19(18)25)21(14)15-8-10-16(23)11-9-15/h5-11H,2-4,12-13H2,1H3,(H,27,30). The van der Waals surface area contributed by atoms with Gasteiger partial charge in [0.2, 0.25) is 0 Å². The molecule has 156 valence electrons. The first-order valence-electron chi connectivity index (χ1n) is 9.81. The maximum absolute atomic E-state index is 13.1. The number of amides is 1. The lowest BCUT2D eigenvalue weighted by Gasteiger charge is -2.26. The van der Waals surface area contributed by atoms with Crippen LogP contribution in [0.4, 0.5) is 0 Å². The Labute approximate surface area is 190 Å². The Bertz CT molecular complexity index is 1070. The molecule has 3 aromatic rings. The zero-order valence-electron chi connectivity index (χ0n) is 16.5. The topological polar surface area (TPSA) is 50.2 Å². The second-order valence-corrected chi connectivity index (χ2v) is 8.52. The van der Waals surface area contributed by atoms with Crippen LogP contribution in [-0.2, 0) is 0 Å². The van der Waals surface area contributed by atoms with E-state index in [0.717, 1.165) is 42.8 Å². The summed E-state index contributed by atoms with van der Waals surface area (Å²) in [6.07, 6.45) is 3.33. The molecule has 0 atom stereocenters. The molecule has 1 aliphatic heterocycles. The van der Waals surface area contributed by atoms with Crippen LogP contribution < -0.4 is 5.43 Å². The molecule has 1 N–H and O–H groups in total. The molecule has 1 saturated heterocycles. The van der Waals surface area contributed by atoms with E-state index in [1.54, 1.807) is 28.9 Å². The van der Waals surface area contributed by atoms with Crippen molar-refractivity contribution in [3.8, 4) is 16.9 Å². The highest BCUT2D eigenvalue weighted by molar-refractivity contribution is 6.43.